The number of methoxy groups -OCH3 is 1. The van der Waals surface area contributed by atoms with E-state index < -0.39 is 5.82 Å². The third-order valence-electron chi connectivity index (χ3n) is 2.66. The van der Waals surface area contributed by atoms with Gasteiger partial charge >= 0.3 is 0 Å². The Kier molecular flexibility index (Phi) is 4.22. The second-order valence-corrected chi connectivity index (χ2v) is 4.35. The predicted octanol–water partition coefficient (Wildman–Crippen LogP) is 4.24. The number of rotatable bonds is 4. The number of ether oxygens (including phenoxy) is 1. The van der Waals surface area contributed by atoms with Crippen molar-refractivity contribution in [2.24, 2.45) is 0 Å². The van der Waals surface area contributed by atoms with Gasteiger partial charge < -0.3 is 10.1 Å². The summed E-state index contributed by atoms with van der Waals surface area (Å²) in [6, 6.07) is 8.94. The Labute approximate surface area is 115 Å². The summed E-state index contributed by atoms with van der Waals surface area (Å²) in [6.07, 6.45) is 0. The fourth-order valence-electron chi connectivity index (χ4n) is 1.60. The molecule has 2 nitrogen and oxygen atoms in total. The predicted molar refractivity (Wildman–Crippen MR) is 71.7 cm³/mol. The maximum absolute atomic E-state index is 13.7. The van der Waals surface area contributed by atoms with Gasteiger partial charge in [-0.2, -0.15) is 0 Å². The molecule has 2 aromatic rings. The lowest BCUT2D eigenvalue weighted by atomic mass is 10.2. The first-order valence-electron chi connectivity index (χ1n) is 5.61. The van der Waals surface area contributed by atoms with Crippen molar-refractivity contribution in [3.63, 3.8) is 0 Å². The molecule has 2 aromatic carbocycles. The van der Waals surface area contributed by atoms with Crippen molar-refractivity contribution < 1.29 is 13.5 Å². The second kappa shape index (κ2) is 5.89. The molecule has 0 bridgehead atoms. The Hall–Kier alpha value is -1.81. The maximum atomic E-state index is 13.7. The zero-order valence-corrected chi connectivity index (χ0v) is 11.0. The van der Waals surface area contributed by atoms with E-state index in [9.17, 15) is 8.78 Å². The van der Waals surface area contributed by atoms with Gasteiger partial charge in [0.2, 0.25) is 0 Å². The lowest BCUT2D eigenvalue weighted by Gasteiger charge is -2.09. The van der Waals surface area contributed by atoms with Crippen LogP contribution in [-0.2, 0) is 6.54 Å². The molecule has 0 amide bonds. The molecule has 0 atom stereocenters. The molecule has 1 N–H and O–H groups in total. The number of halogens is 3. The van der Waals surface area contributed by atoms with E-state index in [2.05, 4.69) is 5.32 Å². The fraction of sp³-hybridized carbons (Fsp3) is 0.143. The van der Waals surface area contributed by atoms with E-state index in [1.165, 1.54) is 25.3 Å². The Balaban J connectivity index is 2.07. The lowest BCUT2D eigenvalue weighted by molar-refractivity contribution is 0.411. The van der Waals surface area contributed by atoms with Crippen molar-refractivity contribution in [2.45, 2.75) is 6.54 Å². The number of hydrogen-bond donors (Lipinski definition) is 1. The van der Waals surface area contributed by atoms with Gasteiger partial charge in [-0.1, -0.05) is 17.7 Å². The summed E-state index contributed by atoms with van der Waals surface area (Å²) in [5.41, 5.74) is 1.01. The van der Waals surface area contributed by atoms with E-state index in [4.69, 9.17) is 16.3 Å². The van der Waals surface area contributed by atoms with Gasteiger partial charge in [-0.15, -0.1) is 0 Å². The minimum Gasteiger partial charge on any atom is -0.497 e. The van der Waals surface area contributed by atoms with Crippen LogP contribution in [0.5, 0.6) is 5.75 Å². The van der Waals surface area contributed by atoms with Crippen molar-refractivity contribution >= 4 is 17.3 Å². The van der Waals surface area contributed by atoms with E-state index in [0.717, 1.165) is 0 Å². The Morgan fingerprint density at radius 3 is 2.53 bits per heavy atom. The Morgan fingerprint density at radius 1 is 1.11 bits per heavy atom. The van der Waals surface area contributed by atoms with Crippen LogP contribution in [0.25, 0.3) is 0 Å². The highest BCUT2D eigenvalue weighted by molar-refractivity contribution is 6.30. The smallest absolute Gasteiger partial charge is 0.143 e. The van der Waals surface area contributed by atoms with Crippen molar-refractivity contribution in [3.05, 3.63) is 58.6 Å². The molecule has 0 aliphatic rings. The van der Waals surface area contributed by atoms with E-state index in [1.807, 2.05) is 0 Å². The molecule has 5 heteroatoms. The molecule has 100 valence electrons. The average molecular weight is 284 g/mol. The van der Waals surface area contributed by atoms with Crippen LogP contribution in [0.1, 0.15) is 5.56 Å². The highest BCUT2D eigenvalue weighted by atomic mass is 35.5. The van der Waals surface area contributed by atoms with Crippen LogP contribution in [0.2, 0.25) is 5.02 Å². The molecule has 0 aliphatic carbocycles. The van der Waals surface area contributed by atoms with E-state index in [1.54, 1.807) is 18.2 Å². The molecular weight excluding hydrogens is 272 g/mol. The topological polar surface area (TPSA) is 21.3 Å². The largest absolute Gasteiger partial charge is 0.497 e. The molecule has 0 heterocycles. The fourth-order valence-corrected chi connectivity index (χ4v) is 1.72. The van der Waals surface area contributed by atoms with Crippen LogP contribution >= 0.6 is 11.6 Å². The lowest BCUT2D eigenvalue weighted by Crippen LogP contribution is -2.02. The van der Waals surface area contributed by atoms with Gasteiger partial charge in [0.25, 0.3) is 0 Å². The summed E-state index contributed by atoms with van der Waals surface area (Å²) in [7, 11) is 1.48. The maximum Gasteiger partial charge on any atom is 0.143 e. The van der Waals surface area contributed by atoms with Gasteiger partial charge in [-0.05, 0) is 24.3 Å². The van der Waals surface area contributed by atoms with Crippen molar-refractivity contribution in [2.75, 3.05) is 12.4 Å². The first kappa shape index (κ1) is 13.6. The van der Waals surface area contributed by atoms with Gasteiger partial charge in [-0.25, -0.2) is 8.78 Å². The molecule has 2 rings (SSSR count). The van der Waals surface area contributed by atoms with E-state index in [0.29, 0.717) is 17.0 Å². The summed E-state index contributed by atoms with van der Waals surface area (Å²) < 4.78 is 31.8. The van der Waals surface area contributed by atoms with Gasteiger partial charge in [0.05, 0.1) is 12.1 Å². The van der Waals surface area contributed by atoms with Crippen LogP contribution in [0.3, 0.4) is 0 Å². The number of benzene rings is 2. The molecule has 19 heavy (non-hydrogen) atoms. The summed E-state index contributed by atoms with van der Waals surface area (Å²) >= 11 is 5.58. The monoisotopic (exact) mass is 283 g/mol. The molecule has 0 radical (unpaired) electrons. The summed E-state index contributed by atoms with van der Waals surface area (Å²) in [6.45, 7) is 0.247. The zero-order valence-electron chi connectivity index (χ0n) is 10.2. The second-order valence-electron chi connectivity index (χ2n) is 3.94. The highest BCUT2D eigenvalue weighted by Crippen LogP contribution is 2.21. The highest BCUT2D eigenvalue weighted by Gasteiger charge is 2.05. The van der Waals surface area contributed by atoms with Gasteiger partial charge in [-0.3, -0.25) is 0 Å². The first-order chi connectivity index (χ1) is 9.10. The molecular formula is C14H12ClF2NO. The van der Waals surface area contributed by atoms with Crippen LogP contribution < -0.4 is 10.1 Å². The van der Waals surface area contributed by atoms with Gasteiger partial charge in [0.1, 0.15) is 17.4 Å². The first-order valence-corrected chi connectivity index (χ1v) is 5.99. The summed E-state index contributed by atoms with van der Waals surface area (Å²) in [4.78, 5) is 0. The quantitative estimate of drug-likeness (QED) is 0.906. The van der Waals surface area contributed by atoms with Crippen LogP contribution in [0.4, 0.5) is 14.5 Å². The minimum absolute atomic E-state index is 0.0566. The Bertz CT molecular complexity index is 590. The molecule has 0 aliphatic heterocycles. The molecule has 0 fully saturated rings. The zero-order chi connectivity index (χ0) is 13.8. The number of hydrogen-bond acceptors (Lipinski definition) is 2. The van der Waals surface area contributed by atoms with E-state index in [-0.39, 0.29) is 17.4 Å². The molecule has 0 unspecified atom stereocenters. The third-order valence-corrected chi connectivity index (χ3v) is 2.97. The van der Waals surface area contributed by atoms with Crippen molar-refractivity contribution in [3.8, 4) is 5.75 Å². The van der Waals surface area contributed by atoms with Crippen LogP contribution in [0.15, 0.2) is 36.4 Å². The molecule has 0 saturated carbocycles. The molecule has 0 aromatic heterocycles. The third kappa shape index (κ3) is 3.35. The summed E-state index contributed by atoms with van der Waals surface area (Å²) in [5.74, 6) is -0.429. The molecule has 0 saturated heterocycles. The normalized spacial score (nSPS) is 10.3. The van der Waals surface area contributed by atoms with Crippen molar-refractivity contribution in [1.82, 2.24) is 0 Å². The molecule has 0 spiro atoms. The van der Waals surface area contributed by atoms with Gasteiger partial charge in [0.15, 0.2) is 0 Å². The van der Waals surface area contributed by atoms with Crippen LogP contribution in [-0.4, -0.2) is 7.11 Å². The average Bonchev–Trinajstić information content (AvgIpc) is 2.41. The SMILES string of the molecule is COc1ccc(CNc2ccc(Cl)c(F)c2)c(F)c1. The summed E-state index contributed by atoms with van der Waals surface area (Å²) in [5, 5.41) is 2.98. The Morgan fingerprint density at radius 2 is 1.89 bits per heavy atom. The standard InChI is InChI=1S/C14H12ClF2NO/c1-19-11-4-2-9(13(16)7-11)8-18-10-3-5-12(15)14(17)6-10/h2-7,18H,8H2,1H3. The van der Waals surface area contributed by atoms with Gasteiger partial charge in [0, 0.05) is 23.9 Å². The van der Waals surface area contributed by atoms with Crippen LogP contribution in [0, 0.1) is 11.6 Å². The minimum atomic E-state index is -0.512. The van der Waals surface area contributed by atoms with E-state index >= 15 is 0 Å². The number of anilines is 1. The number of nitrogens with one attached hydrogen (secondary N) is 1. The van der Waals surface area contributed by atoms with Crippen molar-refractivity contribution in [1.29, 1.82) is 0 Å².